The fraction of sp³-hybridized carbons (Fsp3) is 0.375. The van der Waals surface area contributed by atoms with Crippen molar-refractivity contribution in [3.05, 3.63) is 24.4 Å². The van der Waals surface area contributed by atoms with E-state index in [9.17, 15) is 13.2 Å². The van der Waals surface area contributed by atoms with Crippen LogP contribution in [0, 0.1) is 0 Å². The van der Waals surface area contributed by atoms with Gasteiger partial charge in [0.1, 0.15) is 0 Å². The van der Waals surface area contributed by atoms with Crippen molar-refractivity contribution >= 4 is 15.9 Å². The van der Waals surface area contributed by atoms with Gasteiger partial charge in [0.15, 0.2) is 0 Å². The molecule has 5 nitrogen and oxygen atoms in total. The van der Waals surface area contributed by atoms with Gasteiger partial charge in [-0.25, -0.2) is 13.1 Å². The predicted molar refractivity (Wildman–Crippen MR) is 52.6 cm³/mol. The number of carbonyl (C=O) groups is 1. The summed E-state index contributed by atoms with van der Waals surface area (Å²) in [7, 11) is -3.50. The molecule has 0 spiro atoms. The molecule has 1 aliphatic rings. The van der Waals surface area contributed by atoms with E-state index in [4.69, 9.17) is 5.73 Å². The Morgan fingerprint density at radius 1 is 1.50 bits per heavy atom. The highest BCUT2D eigenvalue weighted by Gasteiger charge is 2.36. The summed E-state index contributed by atoms with van der Waals surface area (Å²) in [5, 5.41) is -0.428. The van der Waals surface area contributed by atoms with Crippen molar-refractivity contribution in [3.8, 4) is 0 Å². The Hall–Kier alpha value is -1.30. The van der Waals surface area contributed by atoms with Gasteiger partial charge in [-0.15, -0.1) is 0 Å². The van der Waals surface area contributed by atoms with E-state index >= 15 is 0 Å². The highest BCUT2D eigenvalue weighted by molar-refractivity contribution is 7.91. The topological polar surface area (TPSA) is 89.3 Å². The molecule has 1 amide bonds. The van der Waals surface area contributed by atoms with E-state index < -0.39 is 21.2 Å². The normalized spacial score (nSPS) is 17.6. The van der Waals surface area contributed by atoms with Gasteiger partial charge in [0.05, 0.1) is 10.9 Å². The lowest BCUT2D eigenvalue weighted by molar-refractivity contribution is -0.115. The number of rotatable bonds is 4. The van der Waals surface area contributed by atoms with Crippen molar-refractivity contribution in [2.75, 3.05) is 0 Å². The summed E-state index contributed by atoms with van der Waals surface area (Å²) in [4.78, 5) is 11.1. The number of carbonyl (C=O) groups excluding carboxylic acids is 1. The van der Waals surface area contributed by atoms with Crippen LogP contribution in [0.4, 0.5) is 0 Å². The van der Waals surface area contributed by atoms with E-state index in [0.717, 1.165) is 0 Å². The maximum absolute atomic E-state index is 11.3. The Morgan fingerprint density at radius 3 is 2.50 bits per heavy atom. The molecule has 0 aliphatic heterocycles. The molecule has 1 rings (SSSR count). The number of hydrogen-bond donors (Lipinski definition) is 2. The minimum absolute atomic E-state index is 0.163. The lowest BCUT2D eigenvalue weighted by Gasteiger charge is -2.04. The molecular weight excluding hydrogens is 204 g/mol. The van der Waals surface area contributed by atoms with Gasteiger partial charge in [0.2, 0.25) is 10.0 Å². The van der Waals surface area contributed by atoms with Crippen LogP contribution in [0.15, 0.2) is 24.4 Å². The summed E-state index contributed by atoms with van der Waals surface area (Å²) in [5.74, 6) is -0.795. The second kappa shape index (κ2) is 3.83. The molecule has 1 saturated carbocycles. The molecule has 3 N–H and O–H groups in total. The standard InChI is InChI=1S/C8H12N2O3S/c1-2-3-7(9)8(11)10-14(12,13)6-4-5-6/h2-3,6H,1,4-5,9H2,(H,10,11)/b7-3+. The Balaban J connectivity index is 2.65. The number of nitrogens with two attached hydrogens (primary N) is 1. The SMILES string of the molecule is C=C/C=C(/N)C(=O)NS(=O)(=O)C1CC1. The number of allylic oxidation sites excluding steroid dienone is 2. The average Bonchev–Trinajstić information content (AvgIpc) is 2.85. The maximum Gasteiger partial charge on any atom is 0.280 e. The van der Waals surface area contributed by atoms with Crippen molar-refractivity contribution in [2.45, 2.75) is 18.1 Å². The van der Waals surface area contributed by atoms with Crippen LogP contribution >= 0.6 is 0 Å². The predicted octanol–water partition coefficient (Wildman–Crippen LogP) is -0.377. The van der Waals surface area contributed by atoms with Gasteiger partial charge < -0.3 is 5.73 Å². The van der Waals surface area contributed by atoms with Crippen molar-refractivity contribution in [1.82, 2.24) is 4.72 Å². The van der Waals surface area contributed by atoms with E-state index in [1.54, 1.807) is 0 Å². The second-order valence-electron chi connectivity index (χ2n) is 3.03. The summed E-state index contributed by atoms with van der Waals surface area (Å²) < 4.78 is 24.4. The lowest BCUT2D eigenvalue weighted by atomic mass is 10.4. The lowest BCUT2D eigenvalue weighted by Crippen LogP contribution is -2.36. The third-order valence-electron chi connectivity index (χ3n) is 1.76. The highest BCUT2D eigenvalue weighted by atomic mass is 32.2. The minimum Gasteiger partial charge on any atom is -0.394 e. The monoisotopic (exact) mass is 216 g/mol. The third kappa shape index (κ3) is 2.59. The van der Waals surface area contributed by atoms with Crippen molar-refractivity contribution < 1.29 is 13.2 Å². The van der Waals surface area contributed by atoms with Gasteiger partial charge >= 0.3 is 0 Å². The van der Waals surface area contributed by atoms with Crippen molar-refractivity contribution in [2.24, 2.45) is 5.73 Å². The van der Waals surface area contributed by atoms with Crippen LogP contribution in [0.1, 0.15) is 12.8 Å². The van der Waals surface area contributed by atoms with Crippen LogP contribution < -0.4 is 10.5 Å². The molecule has 1 fully saturated rings. The van der Waals surface area contributed by atoms with Crippen LogP contribution in [0.2, 0.25) is 0 Å². The molecule has 0 bridgehead atoms. The van der Waals surface area contributed by atoms with E-state index in [2.05, 4.69) is 6.58 Å². The van der Waals surface area contributed by atoms with E-state index in [-0.39, 0.29) is 5.70 Å². The van der Waals surface area contributed by atoms with Crippen LogP contribution in [-0.2, 0) is 14.8 Å². The first-order chi connectivity index (χ1) is 6.47. The fourth-order valence-corrected chi connectivity index (χ4v) is 2.15. The number of amides is 1. The molecule has 1 aliphatic carbocycles. The van der Waals surface area contributed by atoms with E-state index in [1.165, 1.54) is 12.2 Å². The second-order valence-corrected chi connectivity index (χ2v) is 4.99. The molecule has 0 aromatic heterocycles. The van der Waals surface area contributed by atoms with Gasteiger partial charge in [0.25, 0.3) is 5.91 Å². The van der Waals surface area contributed by atoms with E-state index in [0.29, 0.717) is 12.8 Å². The number of nitrogens with one attached hydrogen (secondary N) is 1. The van der Waals surface area contributed by atoms with Gasteiger partial charge in [0, 0.05) is 0 Å². The van der Waals surface area contributed by atoms with Gasteiger partial charge in [-0.1, -0.05) is 12.7 Å². The molecule has 78 valence electrons. The molecule has 0 atom stereocenters. The van der Waals surface area contributed by atoms with Gasteiger partial charge in [-0.05, 0) is 18.9 Å². The highest BCUT2D eigenvalue weighted by Crippen LogP contribution is 2.27. The average molecular weight is 216 g/mol. The maximum atomic E-state index is 11.3. The summed E-state index contributed by atoms with van der Waals surface area (Å²) in [6, 6.07) is 0. The fourth-order valence-electron chi connectivity index (χ4n) is 0.852. The number of sulfonamides is 1. The minimum atomic E-state index is -3.50. The van der Waals surface area contributed by atoms with Crippen molar-refractivity contribution in [1.29, 1.82) is 0 Å². The molecule has 6 heteroatoms. The summed E-state index contributed by atoms with van der Waals surface area (Å²) in [6.07, 6.45) is 3.78. The zero-order valence-electron chi connectivity index (χ0n) is 7.56. The summed E-state index contributed by atoms with van der Waals surface area (Å²) in [6.45, 7) is 3.34. The van der Waals surface area contributed by atoms with Gasteiger partial charge in [-0.2, -0.15) is 0 Å². The van der Waals surface area contributed by atoms with Crippen LogP contribution in [0.5, 0.6) is 0 Å². The first-order valence-corrected chi connectivity index (χ1v) is 5.66. The molecule has 0 saturated heterocycles. The molecule has 0 heterocycles. The first kappa shape index (κ1) is 10.8. The molecule has 0 aromatic rings. The molecule has 0 radical (unpaired) electrons. The third-order valence-corrected chi connectivity index (χ3v) is 3.58. The Bertz CT molecular complexity index is 379. The molecular formula is C8H12N2O3S. The van der Waals surface area contributed by atoms with Crippen LogP contribution in [0.25, 0.3) is 0 Å². The zero-order chi connectivity index (χ0) is 10.8. The smallest absolute Gasteiger partial charge is 0.280 e. The van der Waals surface area contributed by atoms with Crippen LogP contribution in [-0.4, -0.2) is 19.6 Å². The zero-order valence-corrected chi connectivity index (χ0v) is 8.38. The largest absolute Gasteiger partial charge is 0.394 e. The van der Waals surface area contributed by atoms with Crippen molar-refractivity contribution in [3.63, 3.8) is 0 Å². The Morgan fingerprint density at radius 2 is 2.07 bits per heavy atom. The van der Waals surface area contributed by atoms with Gasteiger partial charge in [-0.3, -0.25) is 4.79 Å². The first-order valence-electron chi connectivity index (χ1n) is 4.11. The molecule has 0 unspecified atom stereocenters. The Kier molecular flexibility index (Phi) is 2.95. The van der Waals surface area contributed by atoms with Crippen LogP contribution in [0.3, 0.4) is 0 Å². The summed E-state index contributed by atoms with van der Waals surface area (Å²) >= 11 is 0. The molecule has 0 aromatic carbocycles. The van der Waals surface area contributed by atoms with E-state index in [1.807, 2.05) is 4.72 Å². The summed E-state index contributed by atoms with van der Waals surface area (Å²) in [5.41, 5.74) is 5.11. The number of hydrogen-bond acceptors (Lipinski definition) is 4. The molecule has 14 heavy (non-hydrogen) atoms. The Labute approximate surface area is 82.7 Å². The quantitative estimate of drug-likeness (QED) is 0.495.